The van der Waals surface area contributed by atoms with Crippen molar-refractivity contribution in [3.05, 3.63) is 47.5 Å². The Morgan fingerprint density at radius 2 is 1.92 bits per heavy atom. The molecule has 0 saturated heterocycles. The summed E-state index contributed by atoms with van der Waals surface area (Å²) in [6.45, 7) is 6.58. The summed E-state index contributed by atoms with van der Waals surface area (Å²) in [5, 5.41) is 22.3. The van der Waals surface area contributed by atoms with Gasteiger partial charge in [-0.15, -0.1) is 0 Å². The molecule has 1 aliphatic carbocycles. The first-order valence-electron chi connectivity index (χ1n) is 8.66. The van der Waals surface area contributed by atoms with Crippen molar-refractivity contribution in [3.8, 4) is 0 Å². The number of nitrogens with one attached hydrogen (secondary N) is 1. The van der Waals surface area contributed by atoms with Gasteiger partial charge in [-0.3, -0.25) is 4.79 Å². The van der Waals surface area contributed by atoms with Crippen molar-refractivity contribution in [1.29, 1.82) is 0 Å². The van der Waals surface area contributed by atoms with Crippen LogP contribution in [0.15, 0.2) is 36.4 Å². The van der Waals surface area contributed by atoms with E-state index in [1.165, 1.54) is 5.56 Å². The van der Waals surface area contributed by atoms with Crippen LogP contribution < -0.4 is 5.32 Å². The second-order valence-corrected chi connectivity index (χ2v) is 7.66. The van der Waals surface area contributed by atoms with Crippen LogP contribution in [-0.4, -0.2) is 28.8 Å². The number of hydrogen-bond donors (Lipinski definition) is 3. The third-order valence-electron chi connectivity index (χ3n) is 4.56. The highest BCUT2D eigenvalue weighted by molar-refractivity contribution is 5.76. The summed E-state index contributed by atoms with van der Waals surface area (Å²) in [4.78, 5) is 12.0. The van der Waals surface area contributed by atoms with E-state index in [1.807, 2.05) is 36.4 Å². The van der Waals surface area contributed by atoms with Crippen LogP contribution in [-0.2, 0) is 10.2 Å². The molecule has 1 aromatic carbocycles. The van der Waals surface area contributed by atoms with Crippen LogP contribution in [0.3, 0.4) is 0 Å². The van der Waals surface area contributed by atoms with E-state index in [-0.39, 0.29) is 36.3 Å². The minimum absolute atomic E-state index is 0.00198. The molecule has 24 heavy (non-hydrogen) atoms. The molecule has 1 amide bonds. The normalized spacial score (nSPS) is 21.7. The lowest BCUT2D eigenvalue weighted by atomic mass is 9.86. The topological polar surface area (TPSA) is 69.6 Å². The molecule has 0 radical (unpaired) electrons. The molecule has 0 saturated carbocycles. The highest BCUT2D eigenvalue weighted by atomic mass is 16.3. The van der Waals surface area contributed by atoms with Gasteiger partial charge in [0.15, 0.2) is 0 Å². The van der Waals surface area contributed by atoms with Crippen LogP contribution >= 0.6 is 0 Å². The molecule has 1 aromatic rings. The third-order valence-corrected chi connectivity index (χ3v) is 4.56. The number of carbonyl (C=O) groups is 1. The van der Waals surface area contributed by atoms with Gasteiger partial charge in [0.25, 0.3) is 0 Å². The lowest BCUT2D eigenvalue weighted by molar-refractivity contribution is -0.122. The van der Waals surface area contributed by atoms with Gasteiger partial charge in [0, 0.05) is 25.0 Å². The minimum Gasteiger partial charge on any atom is -0.396 e. The fourth-order valence-electron chi connectivity index (χ4n) is 2.94. The van der Waals surface area contributed by atoms with Gasteiger partial charge in [-0.05, 0) is 29.4 Å². The van der Waals surface area contributed by atoms with E-state index in [0.29, 0.717) is 6.42 Å². The molecule has 3 atom stereocenters. The highest BCUT2D eigenvalue weighted by Crippen LogP contribution is 2.25. The molecule has 0 aliphatic heterocycles. The van der Waals surface area contributed by atoms with Crippen molar-refractivity contribution in [1.82, 2.24) is 5.32 Å². The lowest BCUT2D eigenvalue weighted by Gasteiger charge is -2.20. The average molecular weight is 331 g/mol. The largest absolute Gasteiger partial charge is 0.396 e. The molecule has 2 rings (SSSR count). The molecule has 0 heterocycles. The monoisotopic (exact) mass is 331 g/mol. The number of aliphatic hydroxyl groups excluding tert-OH is 2. The standard InChI is InChI=1S/C20H29NO3/c1-20(2,3)16-7-5-15(6-8-16)18(23)10-11-19(24)21-17-9-4-14(12-17)13-22/h4-9,14,17-18,22-23H,10-13H2,1-3H3,(H,21,24)/t14-,17+,18-/m0/s1. The first kappa shape index (κ1) is 18.7. The van der Waals surface area contributed by atoms with Crippen LogP contribution in [0.4, 0.5) is 0 Å². The predicted octanol–water partition coefficient (Wildman–Crippen LogP) is 2.85. The van der Waals surface area contributed by atoms with E-state index in [0.717, 1.165) is 12.0 Å². The number of hydrogen-bond acceptors (Lipinski definition) is 3. The second-order valence-electron chi connectivity index (χ2n) is 7.66. The molecule has 4 nitrogen and oxygen atoms in total. The maximum atomic E-state index is 12.0. The van der Waals surface area contributed by atoms with Gasteiger partial charge in [0.2, 0.25) is 5.91 Å². The van der Waals surface area contributed by atoms with E-state index < -0.39 is 6.10 Å². The van der Waals surface area contributed by atoms with E-state index in [4.69, 9.17) is 5.11 Å². The molecule has 132 valence electrons. The Hall–Kier alpha value is -1.65. The van der Waals surface area contributed by atoms with Crippen LogP contribution in [0.25, 0.3) is 0 Å². The molecule has 3 N–H and O–H groups in total. The van der Waals surface area contributed by atoms with Crippen LogP contribution in [0.1, 0.15) is 57.3 Å². The van der Waals surface area contributed by atoms with E-state index in [2.05, 4.69) is 26.1 Å². The maximum Gasteiger partial charge on any atom is 0.220 e. The SMILES string of the molecule is CC(C)(C)c1ccc([C@@H](O)CCC(=O)N[C@@H]2C=C[C@H](CO)C2)cc1. The average Bonchev–Trinajstić information content (AvgIpc) is 2.99. The van der Waals surface area contributed by atoms with Crippen molar-refractivity contribution < 1.29 is 15.0 Å². The Kier molecular flexibility index (Phi) is 6.19. The van der Waals surface area contributed by atoms with Crippen LogP contribution in [0.5, 0.6) is 0 Å². The van der Waals surface area contributed by atoms with Crippen molar-refractivity contribution >= 4 is 5.91 Å². The summed E-state index contributed by atoms with van der Waals surface area (Å²) in [6.07, 6.45) is 4.68. The van der Waals surface area contributed by atoms with Gasteiger partial charge in [-0.25, -0.2) is 0 Å². The Balaban J connectivity index is 1.79. The number of amides is 1. The number of aliphatic hydroxyl groups is 2. The summed E-state index contributed by atoms with van der Waals surface area (Å²) >= 11 is 0. The van der Waals surface area contributed by atoms with Gasteiger partial charge < -0.3 is 15.5 Å². The molecule has 4 heteroatoms. The number of benzene rings is 1. The Morgan fingerprint density at radius 3 is 2.46 bits per heavy atom. The third kappa shape index (κ3) is 5.18. The van der Waals surface area contributed by atoms with Gasteiger partial charge in [-0.2, -0.15) is 0 Å². The maximum absolute atomic E-state index is 12.0. The van der Waals surface area contributed by atoms with Gasteiger partial charge >= 0.3 is 0 Å². The molecule has 0 spiro atoms. The minimum atomic E-state index is -0.630. The smallest absolute Gasteiger partial charge is 0.220 e. The van der Waals surface area contributed by atoms with Gasteiger partial charge in [0.05, 0.1) is 6.10 Å². The highest BCUT2D eigenvalue weighted by Gasteiger charge is 2.20. The van der Waals surface area contributed by atoms with Gasteiger partial charge in [-0.1, -0.05) is 57.2 Å². The fraction of sp³-hybridized carbons (Fsp3) is 0.550. The summed E-state index contributed by atoms with van der Waals surface area (Å²) in [5.41, 5.74) is 2.16. The first-order chi connectivity index (χ1) is 11.3. The van der Waals surface area contributed by atoms with Crippen molar-refractivity contribution in [2.45, 2.75) is 57.6 Å². The van der Waals surface area contributed by atoms with Crippen molar-refractivity contribution in [2.75, 3.05) is 6.61 Å². The number of carbonyl (C=O) groups excluding carboxylic acids is 1. The molecular weight excluding hydrogens is 302 g/mol. The summed E-state index contributed by atoms with van der Waals surface area (Å²) in [7, 11) is 0. The van der Waals surface area contributed by atoms with Gasteiger partial charge in [0.1, 0.15) is 0 Å². The van der Waals surface area contributed by atoms with Crippen LogP contribution in [0.2, 0.25) is 0 Å². The molecule has 0 fully saturated rings. The van der Waals surface area contributed by atoms with Crippen LogP contribution in [0, 0.1) is 5.92 Å². The second kappa shape index (κ2) is 7.95. The zero-order valence-electron chi connectivity index (χ0n) is 14.8. The molecular formula is C20H29NO3. The van der Waals surface area contributed by atoms with E-state index in [9.17, 15) is 9.90 Å². The van der Waals surface area contributed by atoms with Crippen molar-refractivity contribution in [2.24, 2.45) is 5.92 Å². The first-order valence-corrected chi connectivity index (χ1v) is 8.66. The molecule has 0 bridgehead atoms. The molecule has 0 unspecified atom stereocenters. The number of rotatable bonds is 6. The lowest BCUT2D eigenvalue weighted by Crippen LogP contribution is -2.32. The fourth-order valence-corrected chi connectivity index (χ4v) is 2.94. The zero-order valence-corrected chi connectivity index (χ0v) is 14.8. The summed E-state index contributed by atoms with van der Waals surface area (Å²) in [6, 6.07) is 7.95. The molecule has 1 aliphatic rings. The van der Waals surface area contributed by atoms with Crippen molar-refractivity contribution in [3.63, 3.8) is 0 Å². The Labute approximate surface area is 144 Å². The zero-order chi connectivity index (χ0) is 17.7. The predicted molar refractivity (Wildman–Crippen MR) is 95.6 cm³/mol. The molecule has 0 aromatic heterocycles. The van der Waals surface area contributed by atoms with E-state index in [1.54, 1.807) is 0 Å². The van der Waals surface area contributed by atoms with E-state index >= 15 is 0 Å². The summed E-state index contributed by atoms with van der Waals surface area (Å²) < 4.78 is 0. The Bertz CT molecular complexity index is 572. The Morgan fingerprint density at radius 1 is 1.25 bits per heavy atom. The quantitative estimate of drug-likeness (QED) is 0.702. The summed E-state index contributed by atoms with van der Waals surface area (Å²) in [5.74, 6) is 0.0795.